The van der Waals surface area contributed by atoms with Gasteiger partial charge in [-0.3, -0.25) is 4.79 Å². The van der Waals surface area contributed by atoms with E-state index in [9.17, 15) is 18.0 Å². The van der Waals surface area contributed by atoms with Gasteiger partial charge in [-0.1, -0.05) is 6.92 Å². The predicted molar refractivity (Wildman–Crippen MR) is 70.9 cm³/mol. The van der Waals surface area contributed by atoms with E-state index in [1.54, 1.807) is 0 Å². The van der Waals surface area contributed by atoms with Gasteiger partial charge in [-0.25, -0.2) is 9.67 Å². The Kier molecular flexibility index (Phi) is 5.38. The van der Waals surface area contributed by atoms with Crippen LogP contribution in [0.5, 0.6) is 0 Å². The number of alkyl halides is 3. The Morgan fingerprint density at radius 3 is 2.91 bits per heavy atom. The van der Waals surface area contributed by atoms with Crippen LogP contribution in [0.3, 0.4) is 0 Å². The van der Waals surface area contributed by atoms with Gasteiger partial charge in [0.1, 0.15) is 12.7 Å². The predicted octanol–water partition coefficient (Wildman–Crippen LogP) is 1.70. The second kappa shape index (κ2) is 7.08. The molecule has 2 heterocycles. The van der Waals surface area contributed by atoms with Crippen LogP contribution in [0, 0.1) is 5.92 Å². The monoisotopic (exact) mass is 320 g/mol. The van der Waals surface area contributed by atoms with E-state index in [0.717, 1.165) is 19.1 Å². The first-order valence-corrected chi connectivity index (χ1v) is 7.23. The van der Waals surface area contributed by atoms with E-state index < -0.39 is 30.6 Å². The van der Waals surface area contributed by atoms with Crippen molar-refractivity contribution in [1.82, 2.24) is 20.1 Å². The van der Waals surface area contributed by atoms with E-state index in [-0.39, 0.29) is 6.10 Å². The van der Waals surface area contributed by atoms with E-state index in [2.05, 4.69) is 15.4 Å². The Labute approximate surface area is 126 Å². The number of amides is 1. The zero-order valence-corrected chi connectivity index (χ0v) is 12.2. The standard InChI is InChI=1S/C13H19F3N4O2/c1-2-10-9(4-3-5-22-10)12(21)18-6-11(13(14,15)16)20-8-17-7-19-20/h7-11H,2-6H2,1H3,(H,18,21). The van der Waals surface area contributed by atoms with Crippen molar-refractivity contribution in [3.63, 3.8) is 0 Å². The zero-order valence-electron chi connectivity index (χ0n) is 12.2. The molecule has 3 unspecified atom stereocenters. The number of nitrogens with one attached hydrogen (secondary N) is 1. The number of carbonyl (C=O) groups is 1. The number of hydrogen-bond acceptors (Lipinski definition) is 4. The summed E-state index contributed by atoms with van der Waals surface area (Å²) in [4.78, 5) is 15.7. The third-order valence-electron chi connectivity index (χ3n) is 3.78. The minimum Gasteiger partial charge on any atom is -0.377 e. The van der Waals surface area contributed by atoms with Crippen molar-refractivity contribution in [2.75, 3.05) is 13.2 Å². The number of nitrogens with zero attached hydrogens (tertiary/aromatic N) is 3. The largest absolute Gasteiger partial charge is 0.412 e. The first kappa shape index (κ1) is 16.7. The van der Waals surface area contributed by atoms with Crippen LogP contribution >= 0.6 is 0 Å². The zero-order chi connectivity index (χ0) is 16.2. The second-order valence-corrected chi connectivity index (χ2v) is 5.24. The van der Waals surface area contributed by atoms with Crippen molar-refractivity contribution in [3.8, 4) is 0 Å². The quantitative estimate of drug-likeness (QED) is 0.896. The molecular formula is C13H19F3N4O2. The van der Waals surface area contributed by atoms with Gasteiger partial charge in [-0.05, 0) is 19.3 Å². The summed E-state index contributed by atoms with van der Waals surface area (Å²) in [5.74, 6) is -0.802. The Hall–Kier alpha value is -1.64. The lowest BCUT2D eigenvalue weighted by Gasteiger charge is -2.30. The van der Waals surface area contributed by atoms with Gasteiger partial charge in [-0.15, -0.1) is 0 Å². The molecule has 1 fully saturated rings. The van der Waals surface area contributed by atoms with Crippen LogP contribution in [-0.2, 0) is 9.53 Å². The third kappa shape index (κ3) is 3.96. The smallest absolute Gasteiger partial charge is 0.377 e. The molecule has 0 radical (unpaired) electrons. The molecule has 6 nitrogen and oxygen atoms in total. The molecule has 124 valence electrons. The van der Waals surface area contributed by atoms with Gasteiger partial charge in [0.25, 0.3) is 0 Å². The lowest BCUT2D eigenvalue weighted by molar-refractivity contribution is -0.170. The minimum absolute atomic E-state index is 0.232. The second-order valence-electron chi connectivity index (χ2n) is 5.24. The maximum absolute atomic E-state index is 13.1. The van der Waals surface area contributed by atoms with Crippen molar-refractivity contribution < 1.29 is 22.7 Å². The van der Waals surface area contributed by atoms with Crippen molar-refractivity contribution in [2.24, 2.45) is 5.92 Å². The fourth-order valence-corrected chi connectivity index (χ4v) is 2.61. The Morgan fingerprint density at radius 2 is 2.32 bits per heavy atom. The molecule has 22 heavy (non-hydrogen) atoms. The van der Waals surface area contributed by atoms with Gasteiger partial charge in [0.15, 0.2) is 6.04 Å². The van der Waals surface area contributed by atoms with Gasteiger partial charge in [0, 0.05) is 13.2 Å². The summed E-state index contributed by atoms with van der Waals surface area (Å²) in [5.41, 5.74) is 0. The molecule has 1 N–H and O–H groups in total. The molecule has 1 amide bonds. The summed E-state index contributed by atoms with van der Waals surface area (Å²) in [6.07, 6.45) is -0.710. The highest BCUT2D eigenvalue weighted by Gasteiger charge is 2.42. The summed E-state index contributed by atoms with van der Waals surface area (Å²) in [6, 6.07) is -1.93. The summed E-state index contributed by atoms with van der Waals surface area (Å²) in [7, 11) is 0. The highest BCUT2D eigenvalue weighted by atomic mass is 19.4. The summed E-state index contributed by atoms with van der Waals surface area (Å²) < 4.78 is 45.4. The van der Waals surface area contributed by atoms with E-state index >= 15 is 0 Å². The average molecular weight is 320 g/mol. The molecule has 1 saturated heterocycles. The molecule has 0 saturated carbocycles. The molecule has 3 atom stereocenters. The van der Waals surface area contributed by atoms with Crippen LogP contribution in [0.25, 0.3) is 0 Å². The molecule has 0 aliphatic carbocycles. The molecule has 9 heteroatoms. The highest BCUT2D eigenvalue weighted by molar-refractivity contribution is 5.79. The first-order chi connectivity index (χ1) is 10.4. The van der Waals surface area contributed by atoms with E-state index in [4.69, 9.17) is 4.74 Å². The number of halogens is 3. The fourth-order valence-electron chi connectivity index (χ4n) is 2.61. The fraction of sp³-hybridized carbons (Fsp3) is 0.769. The lowest BCUT2D eigenvalue weighted by Crippen LogP contribution is -2.45. The van der Waals surface area contributed by atoms with Crippen LogP contribution < -0.4 is 5.32 Å². The SMILES string of the molecule is CCC1OCCCC1C(=O)NCC(n1cncn1)C(F)(F)F. The Balaban J connectivity index is 1.98. The highest BCUT2D eigenvalue weighted by Crippen LogP contribution is 2.29. The molecule has 1 aliphatic heterocycles. The summed E-state index contributed by atoms with van der Waals surface area (Å²) in [5, 5.41) is 5.90. The van der Waals surface area contributed by atoms with Crippen LogP contribution in [0.15, 0.2) is 12.7 Å². The van der Waals surface area contributed by atoms with Gasteiger partial charge >= 0.3 is 6.18 Å². The number of carbonyl (C=O) groups excluding carboxylic acids is 1. The Bertz CT molecular complexity index is 478. The average Bonchev–Trinajstić information content (AvgIpc) is 2.99. The van der Waals surface area contributed by atoms with Gasteiger partial charge in [0.05, 0.1) is 12.0 Å². The van der Waals surface area contributed by atoms with Crippen molar-refractivity contribution in [1.29, 1.82) is 0 Å². The van der Waals surface area contributed by atoms with Crippen molar-refractivity contribution >= 4 is 5.91 Å². The van der Waals surface area contributed by atoms with Crippen LogP contribution in [0.2, 0.25) is 0 Å². The van der Waals surface area contributed by atoms with E-state index in [0.29, 0.717) is 24.1 Å². The van der Waals surface area contributed by atoms with Gasteiger partial charge in [0.2, 0.25) is 5.91 Å². The lowest BCUT2D eigenvalue weighted by atomic mass is 9.92. The number of rotatable bonds is 5. The maximum atomic E-state index is 13.1. The first-order valence-electron chi connectivity index (χ1n) is 7.23. The molecule has 0 bridgehead atoms. The van der Waals surface area contributed by atoms with Gasteiger partial charge in [-0.2, -0.15) is 18.3 Å². The summed E-state index contributed by atoms with van der Waals surface area (Å²) >= 11 is 0. The molecule has 0 aromatic carbocycles. The number of aromatic nitrogens is 3. The molecule has 1 aromatic heterocycles. The van der Waals surface area contributed by atoms with Crippen molar-refractivity contribution in [3.05, 3.63) is 12.7 Å². The molecule has 1 aromatic rings. The van der Waals surface area contributed by atoms with Crippen molar-refractivity contribution in [2.45, 2.75) is 44.5 Å². The molecule has 0 spiro atoms. The van der Waals surface area contributed by atoms with Gasteiger partial charge < -0.3 is 10.1 Å². The maximum Gasteiger partial charge on any atom is 0.412 e. The number of ether oxygens (including phenoxy) is 1. The van der Waals surface area contributed by atoms with Crippen LogP contribution in [0.4, 0.5) is 13.2 Å². The normalized spacial score (nSPS) is 24.0. The molecule has 2 rings (SSSR count). The van der Waals surface area contributed by atoms with Crippen LogP contribution in [0.1, 0.15) is 32.2 Å². The van der Waals surface area contributed by atoms with E-state index in [1.807, 2.05) is 6.92 Å². The topological polar surface area (TPSA) is 69.0 Å². The Morgan fingerprint density at radius 1 is 1.55 bits per heavy atom. The molecule has 1 aliphatic rings. The third-order valence-corrected chi connectivity index (χ3v) is 3.78. The minimum atomic E-state index is -4.52. The number of hydrogen-bond donors (Lipinski definition) is 1. The van der Waals surface area contributed by atoms with E-state index in [1.165, 1.54) is 0 Å². The summed E-state index contributed by atoms with van der Waals surface area (Å²) in [6.45, 7) is 1.91. The van der Waals surface area contributed by atoms with Crippen LogP contribution in [-0.4, -0.2) is 46.1 Å². The molecular weight excluding hydrogens is 301 g/mol.